The van der Waals surface area contributed by atoms with Crippen LogP contribution in [0.3, 0.4) is 0 Å². The number of fused-ring (bicyclic) bond motifs is 1. The molecule has 0 aliphatic carbocycles. The second-order valence-corrected chi connectivity index (χ2v) is 8.33. The zero-order chi connectivity index (χ0) is 25.4. The topological polar surface area (TPSA) is 121 Å². The number of carbonyl (C=O) groups excluding carboxylic acids is 1. The van der Waals surface area contributed by atoms with Crippen molar-refractivity contribution in [3.05, 3.63) is 93.2 Å². The molecular weight excluding hydrogens is 486 g/mol. The zero-order valence-corrected chi connectivity index (χ0v) is 19.8. The normalized spacial score (nSPS) is 11.0. The third-order valence-corrected chi connectivity index (χ3v) is 5.86. The number of benzene rings is 3. The predicted molar refractivity (Wildman–Crippen MR) is 134 cm³/mol. The van der Waals surface area contributed by atoms with Crippen LogP contribution in [0.4, 0.5) is 11.4 Å². The number of nitrogens with zero attached hydrogens (tertiary/aromatic N) is 2. The maximum absolute atomic E-state index is 12.8. The Bertz CT molecular complexity index is 1640. The maximum atomic E-state index is 12.8. The van der Waals surface area contributed by atoms with E-state index in [9.17, 15) is 14.9 Å². The molecule has 0 saturated carbocycles. The second kappa shape index (κ2) is 9.20. The molecule has 10 heteroatoms. The number of hydrogen-bond acceptors (Lipinski definition) is 7. The van der Waals surface area contributed by atoms with Gasteiger partial charge < -0.3 is 18.9 Å². The van der Waals surface area contributed by atoms with Gasteiger partial charge in [0.1, 0.15) is 17.0 Å². The lowest BCUT2D eigenvalue weighted by molar-refractivity contribution is -0.384. The summed E-state index contributed by atoms with van der Waals surface area (Å²) < 4.78 is 16.7. The van der Waals surface area contributed by atoms with Gasteiger partial charge in [0.05, 0.1) is 17.1 Å². The van der Waals surface area contributed by atoms with Gasteiger partial charge in [-0.2, -0.15) is 0 Å². The van der Waals surface area contributed by atoms with Gasteiger partial charge in [-0.15, -0.1) is 0 Å². The standard InChI is InChI=1S/C26H18ClN3O6/c1-14-11-17(30(32)33)5-6-18(14)21-9-10-24(35-21)25(31)28-16-4-8-23-20(13-16)29-26(36-23)15-3-7-22(34-2)19(27)12-15/h3-13H,1-2H3,(H,28,31). The maximum Gasteiger partial charge on any atom is 0.291 e. The van der Waals surface area contributed by atoms with Crippen LogP contribution in [0.1, 0.15) is 16.1 Å². The van der Waals surface area contributed by atoms with Crippen LogP contribution in [0.5, 0.6) is 5.75 Å². The number of anilines is 1. The minimum atomic E-state index is -0.460. The molecule has 0 atom stereocenters. The Labute approximate surface area is 209 Å². The smallest absolute Gasteiger partial charge is 0.291 e. The van der Waals surface area contributed by atoms with E-state index in [2.05, 4.69) is 10.3 Å². The van der Waals surface area contributed by atoms with Gasteiger partial charge in [0.25, 0.3) is 11.6 Å². The summed E-state index contributed by atoms with van der Waals surface area (Å²) in [5.74, 6) is 1.00. The molecule has 0 bridgehead atoms. The minimum absolute atomic E-state index is 0.0118. The lowest BCUT2D eigenvalue weighted by Crippen LogP contribution is -2.10. The summed E-state index contributed by atoms with van der Waals surface area (Å²) in [6.45, 7) is 1.74. The zero-order valence-electron chi connectivity index (χ0n) is 19.1. The fourth-order valence-electron chi connectivity index (χ4n) is 3.76. The van der Waals surface area contributed by atoms with Crippen molar-refractivity contribution in [2.45, 2.75) is 6.92 Å². The van der Waals surface area contributed by atoms with E-state index in [-0.39, 0.29) is 11.4 Å². The number of carbonyl (C=O) groups is 1. The summed E-state index contributed by atoms with van der Waals surface area (Å²) in [6, 6.07) is 18.0. The third-order valence-electron chi connectivity index (χ3n) is 5.56. The average Bonchev–Trinajstić information content (AvgIpc) is 3.51. The van der Waals surface area contributed by atoms with Crippen LogP contribution < -0.4 is 10.1 Å². The molecule has 9 nitrogen and oxygen atoms in total. The number of hydrogen-bond donors (Lipinski definition) is 1. The van der Waals surface area contributed by atoms with Crippen LogP contribution >= 0.6 is 11.6 Å². The number of methoxy groups -OCH3 is 1. The van der Waals surface area contributed by atoms with Crippen molar-refractivity contribution in [1.29, 1.82) is 0 Å². The Morgan fingerprint density at radius 3 is 2.61 bits per heavy atom. The first kappa shape index (κ1) is 23.1. The van der Waals surface area contributed by atoms with Crippen molar-refractivity contribution in [2.24, 2.45) is 0 Å². The molecule has 0 aliphatic rings. The molecule has 0 unspecified atom stereocenters. The highest BCUT2D eigenvalue weighted by Gasteiger charge is 2.17. The molecule has 3 aromatic carbocycles. The highest BCUT2D eigenvalue weighted by molar-refractivity contribution is 6.32. The molecule has 0 fully saturated rings. The van der Waals surface area contributed by atoms with Crippen molar-refractivity contribution < 1.29 is 23.3 Å². The Morgan fingerprint density at radius 2 is 1.89 bits per heavy atom. The van der Waals surface area contributed by atoms with Crippen molar-refractivity contribution in [2.75, 3.05) is 12.4 Å². The molecule has 0 spiro atoms. The predicted octanol–water partition coefficient (Wildman–Crippen LogP) is 6.89. The number of aryl methyl sites for hydroxylation is 1. The molecular formula is C26H18ClN3O6. The number of non-ortho nitro benzene ring substituents is 1. The summed E-state index contributed by atoms with van der Waals surface area (Å²) in [4.78, 5) is 27.8. The molecule has 36 heavy (non-hydrogen) atoms. The Morgan fingerprint density at radius 1 is 1.06 bits per heavy atom. The van der Waals surface area contributed by atoms with Crippen LogP contribution in [-0.2, 0) is 0 Å². The van der Waals surface area contributed by atoms with E-state index in [1.807, 2.05) is 0 Å². The largest absolute Gasteiger partial charge is 0.495 e. The van der Waals surface area contributed by atoms with Crippen LogP contribution in [0.25, 0.3) is 33.9 Å². The van der Waals surface area contributed by atoms with Crippen LogP contribution in [0.15, 0.2) is 75.6 Å². The molecule has 0 aliphatic heterocycles. The number of nitrogens with one attached hydrogen (secondary N) is 1. The van der Waals surface area contributed by atoms with Crippen molar-refractivity contribution in [1.82, 2.24) is 4.98 Å². The third kappa shape index (κ3) is 4.39. The number of ether oxygens (including phenoxy) is 1. The Hall–Kier alpha value is -4.63. The molecule has 1 amide bonds. The van der Waals surface area contributed by atoms with Gasteiger partial charge in [0.2, 0.25) is 5.89 Å². The van der Waals surface area contributed by atoms with Gasteiger partial charge in [-0.25, -0.2) is 4.98 Å². The Kier molecular flexibility index (Phi) is 5.91. The van der Waals surface area contributed by atoms with Gasteiger partial charge in [-0.3, -0.25) is 14.9 Å². The van der Waals surface area contributed by atoms with E-state index in [4.69, 9.17) is 25.2 Å². The fraction of sp³-hybridized carbons (Fsp3) is 0.0769. The van der Waals surface area contributed by atoms with Crippen molar-refractivity contribution in [3.63, 3.8) is 0 Å². The van der Waals surface area contributed by atoms with E-state index in [1.165, 1.54) is 19.2 Å². The number of halogens is 1. The number of nitro benzene ring substituents is 1. The number of aromatic nitrogens is 1. The molecule has 1 N–H and O–H groups in total. The number of nitro groups is 1. The van der Waals surface area contributed by atoms with E-state index in [0.29, 0.717) is 55.9 Å². The molecule has 0 saturated heterocycles. The number of oxazole rings is 1. The fourth-order valence-corrected chi connectivity index (χ4v) is 4.02. The molecule has 180 valence electrons. The number of amides is 1. The van der Waals surface area contributed by atoms with Gasteiger partial charge >= 0.3 is 0 Å². The summed E-state index contributed by atoms with van der Waals surface area (Å²) in [5.41, 5.74) is 3.60. The van der Waals surface area contributed by atoms with E-state index < -0.39 is 10.8 Å². The lowest BCUT2D eigenvalue weighted by Gasteiger charge is -2.04. The second-order valence-electron chi connectivity index (χ2n) is 7.93. The molecule has 0 radical (unpaired) electrons. The SMILES string of the molecule is COc1ccc(-c2nc3cc(NC(=O)c4ccc(-c5ccc([N+](=O)[O-])cc5C)o4)ccc3o2)cc1Cl. The number of rotatable bonds is 6. The molecule has 5 aromatic rings. The summed E-state index contributed by atoms with van der Waals surface area (Å²) in [7, 11) is 1.54. The quantitative estimate of drug-likeness (QED) is 0.198. The highest BCUT2D eigenvalue weighted by atomic mass is 35.5. The molecule has 2 heterocycles. The van der Waals surface area contributed by atoms with Gasteiger partial charge in [-0.05, 0) is 67.1 Å². The van der Waals surface area contributed by atoms with Gasteiger partial charge in [0.15, 0.2) is 11.3 Å². The summed E-state index contributed by atoms with van der Waals surface area (Å²) >= 11 is 6.21. The van der Waals surface area contributed by atoms with Crippen molar-refractivity contribution >= 4 is 40.0 Å². The Balaban J connectivity index is 1.35. The molecule has 5 rings (SSSR count). The first-order valence-electron chi connectivity index (χ1n) is 10.7. The van der Waals surface area contributed by atoms with Crippen LogP contribution in [-0.4, -0.2) is 22.9 Å². The van der Waals surface area contributed by atoms with Gasteiger partial charge in [-0.1, -0.05) is 11.6 Å². The first-order valence-corrected chi connectivity index (χ1v) is 11.1. The minimum Gasteiger partial charge on any atom is -0.495 e. The van der Waals surface area contributed by atoms with Crippen LogP contribution in [0, 0.1) is 17.0 Å². The van der Waals surface area contributed by atoms with E-state index in [1.54, 1.807) is 61.5 Å². The van der Waals surface area contributed by atoms with Crippen LogP contribution in [0.2, 0.25) is 5.02 Å². The number of furan rings is 1. The average molecular weight is 504 g/mol. The van der Waals surface area contributed by atoms with Gasteiger partial charge in [0, 0.05) is 28.9 Å². The summed E-state index contributed by atoms with van der Waals surface area (Å²) in [5, 5.41) is 14.2. The highest BCUT2D eigenvalue weighted by Crippen LogP contribution is 2.32. The van der Waals surface area contributed by atoms with E-state index in [0.717, 1.165) is 0 Å². The first-order chi connectivity index (χ1) is 17.3. The monoisotopic (exact) mass is 503 g/mol. The van der Waals surface area contributed by atoms with E-state index >= 15 is 0 Å². The van der Waals surface area contributed by atoms with Crippen molar-refractivity contribution in [3.8, 4) is 28.5 Å². The molecule has 2 aromatic heterocycles. The summed E-state index contributed by atoms with van der Waals surface area (Å²) in [6.07, 6.45) is 0. The lowest BCUT2D eigenvalue weighted by atomic mass is 10.1.